The van der Waals surface area contributed by atoms with Gasteiger partial charge in [0.1, 0.15) is 0 Å². The number of hydrogen-bond donors (Lipinski definition) is 1. The van der Waals surface area contributed by atoms with Gasteiger partial charge in [0.05, 0.1) is 23.1 Å². The van der Waals surface area contributed by atoms with Crippen LogP contribution in [-0.2, 0) is 14.8 Å². The molecule has 0 saturated carbocycles. The molecule has 19 heavy (non-hydrogen) atoms. The molecule has 0 unspecified atom stereocenters. The highest BCUT2D eigenvalue weighted by Gasteiger charge is 2.17. The molecular weight excluding hydrogens is 266 g/mol. The first-order valence-electron chi connectivity index (χ1n) is 5.48. The van der Waals surface area contributed by atoms with Gasteiger partial charge in [-0.05, 0) is 30.7 Å². The van der Waals surface area contributed by atoms with E-state index in [4.69, 9.17) is 5.26 Å². The topological polar surface area (TPSA) is 90.3 Å². The third kappa shape index (κ3) is 3.77. The summed E-state index contributed by atoms with van der Waals surface area (Å²) in [5.41, 5.74) is 0.993. The minimum absolute atomic E-state index is 0.0376. The lowest BCUT2D eigenvalue weighted by molar-refractivity contribution is -0.127. The summed E-state index contributed by atoms with van der Waals surface area (Å²) in [4.78, 5) is 12.7. The van der Waals surface area contributed by atoms with Crippen LogP contribution < -0.4 is 4.72 Å². The molecule has 0 saturated heterocycles. The fourth-order valence-electron chi connectivity index (χ4n) is 1.33. The summed E-state index contributed by atoms with van der Waals surface area (Å²) in [6, 6.07) is 6.15. The van der Waals surface area contributed by atoms with E-state index < -0.39 is 10.0 Å². The van der Waals surface area contributed by atoms with E-state index in [0.717, 1.165) is 0 Å². The Morgan fingerprint density at radius 1 is 1.42 bits per heavy atom. The van der Waals surface area contributed by atoms with Crippen molar-refractivity contribution >= 4 is 15.9 Å². The van der Waals surface area contributed by atoms with Crippen molar-refractivity contribution < 1.29 is 13.2 Å². The smallest absolute Gasteiger partial charge is 0.241 e. The molecule has 1 aromatic carbocycles. The Labute approximate surface area is 112 Å². The van der Waals surface area contributed by atoms with Crippen molar-refractivity contribution in [1.29, 1.82) is 5.26 Å². The number of sulfonamides is 1. The van der Waals surface area contributed by atoms with Crippen LogP contribution in [0.3, 0.4) is 0 Å². The van der Waals surface area contributed by atoms with E-state index in [2.05, 4.69) is 4.72 Å². The van der Waals surface area contributed by atoms with E-state index >= 15 is 0 Å². The minimum atomic E-state index is -3.74. The van der Waals surface area contributed by atoms with Crippen molar-refractivity contribution in [1.82, 2.24) is 9.62 Å². The van der Waals surface area contributed by atoms with Crippen molar-refractivity contribution in [2.45, 2.75) is 11.8 Å². The van der Waals surface area contributed by atoms with Crippen LogP contribution in [0.4, 0.5) is 0 Å². The molecule has 0 spiro atoms. The van der Waals surface area contributed by atoms with Gasteiger partial charge in [-0.15, -0.1) is 0 Å². The molecule has 1 aromatic rings. The SMILES string of the molecule is Cc1cc(S(=O)(=O)NCC(=O)N(C)C)ccc1C#N. The van der Waals surface area contributed by atoms with Crippen LogP contribution in [0.15, 0.2) is 23.1 Å². The summed E-state index contributed by atoms with van der Waals surface area (Å²) in [6.45, 7) is 1.36. The van der Waals surface area contributed by atoms with Crippen LogP contribution in [0.5, 0.6) is 0 Å². The lowest BCUT2D eigenvalue weighted by atomic mass is 10.1. The fraction of sp³-hybridized carbons (Fsp3) is 0.333. The maximum atomic E-state index is 11.9. The average Bonchev–Trinajstić information content (AvgIpc) is 2.35. The summed E-state index contributed by atoms with van der Waals surface area (Å²) >= 11 is 0. The van der Waals surface area contributed by atoms with Crippen molar-refractivity contribution in [3.05, 3.63) is 29.3 Å². The van der Waals surface area contributed by atoms with Gasteiger partial charge in [-0.1, -0.05) is 0 Å². The Kier molecular flexibility index (Phi) is 4.64. The van der Waals surface area contributed by atoms with Crippen molar-refractivity contribution in [2.24, 2.45) is 0 Å². The number of carbonyl (C=O) groups excluding carboxylic acids is 1. The summed E-state index contributed by atoms with van der Waals surface area (Å²) in [6.07, 6.45) is 0. The summed E-state index contributed by atoms with van der Waals surface area (Å²) < 4.78 is 26.1. The monoisotopic (exact) mass is 281 g/mol. The molecule has 102 valence electrons. The molecule has 0 aromatic heterocycles. The average molecular weight is 281 g/mol. The normalized spacial score (nSPS) is 10.8. The predicted molar refractivity (Wildman–Crippen MR) is 69.8 cm³/mol. The van der Waals surface area contributed by atoms with Gasteiger partial charge in [0, 0.05) is 14.1 Å². The van der Waals surface area contributed by atoms with Crippen molar-refractivity contribution in [3.8, 4) is 6.07 Å². The Bertz CT molecular complexity index is 630. The zero-order chi connectivity index (χ0) is 14.6. The Hall–Kier alpha value is -1.91. The van der Waals surface area contributed by atoms with Gasteiger partial charge in [0.15, 0.2) is 0 Å². The second-order valence-electron chi connectivity index (χ2n) is 4.20. The van der Waals surface area contributed by atoms with E-state index in [9.17, 15) is 13.2 Å². The van der Waals surface area contributed by atoms with E-state index in [1.165, 1.54) is 23.1 Å². The number of benzene rings is 1. The van der Waals surface area contributed by atoms with Gasteiger partial charge in [-0.2, -0.15) is 5.26 Å². The molecule has 1 N–H and O–H groups in total. The van der Waals surface area contributed by atoms with Gasteiger partial charge >= 0.3 is 0 Å². The molecule has 0 fully saturated rings. The van der Waals surface area contributed by atoms with E-state index in [1.54, 1.807) is 21.0 Å². The fourth-order valence-corrected chi connectivity index (χ4v) is 2.39. The van der Waals surface area contributed by atoms with Crippen LogP contribution in [0.1, 0.15) is 11.1 Å². The van der Waals surface area contributed by atoms with E-state index in [0.29, 0.717) is 11.1 Å². The zero-order valence-corrected chi connectivity index (χ0v) is 11.8. The van der Waals surface area contributed by atoms with Gasteiger partial charge in [0.2, 0.25) is 15.9 Å². The van der Waals surface area contributed by atoms with Crippen LogP contribution in [0, 0.1) is 18.3 Å². The number of nitriles is 1. The number of amides is 1. The first-order valence-corrected chi connectivity index (χ1v) is 6.97. The number of hydrogen-bond acceptors (Lipinski definition) is 4. The van der Waals surface area contributed by atoms with Crippen LogP contribution in [0.2, 0.25) is 0 Å². The van der Waals surface area contributed by atoms with Gasteiger partial charge in [0.25, 0.3) is 0 Å². The number of carbonyl (C=O) groups is 1. The Balaban J connectivity index is 2.93. The molecule has 7 heteroatoms. The molecule has 0 aliphatic rings. The number of nitrogens with zero attached hydrogens (tertiary/aromatic N) is 2. The molecule has 0 aliphatic carbocycles. The predicted octanol–water partition coefficient (Wildman–Crippen LogP) is 0.233. The lowest BCUT2D eigenvalue weighted by Gasteiger charge is -2.11. The summed E-state index contributed by atoms with van der Waals surface area (Å²) in [7, 11) is -0.655. The highest BCUT2D eigenvalue weighted by atomic mass is 32.2. The highest BCUT2D eigenvalue weighted by Crippen LogP contribution is 2.14. The molecule has 0 bridgehead atoms. The van der Waals surface area contributed by atoms with Crippen LogP contribution in [-0.4, -0.2) is 39.9 Å². The standard InChI is InChI=1S/C12H15N3O3S/c1-9-6-11(5-4-10(9)7-13)19(17,18)14-8-12(16)15(2)3/h4-6,14H,8H2,1-3H3. The second kappa shape index (κ2) is 5.82. The Morgan fingerprint density at radius 2 is 2.05 bits per heavy atom. The Morgan fingerprint density at radius 3 is 2.53 bits per heavy atom. The minimum Gasteiger partial charge on any atom is -0.348 e. The molecular formula is C12H15N3O3S. The lowest BCUT2D eigenvalue weighted by Crippen LogP contribution is -2.36. The molecule has 0 atom stereocenters. The van der Waals surface area contributed by atoms with Crippen molar-refractivity contribution in [3.63, 3.8) is 0 Å². The third-order valence-electron chi connectivity index (χ3n) is 2.54. The molecule has 1 rings (SSSR count). The number of rotatable bonds is 4. The van der Waals surface area contributed by atoms with Gasteiger partial charge in [-0.25, -0.2) is 13.1 Å². The van der Waals surface area contributed by atoms with Gasteiger partial charge < -0.3 is 4.90 Å². The van der Waals surface area contributed by atoms with E-state index in [1.807, 2.05) is 6.07 Å². The van der Waals surface area contributed by atoms with Gasteiger partial charge in [-0.3, -0.25) is 4.79 Å². The molecule has 6 nitrogen and oxygen atoms in total. The van der Waals surface area contributed by atoms with E-state index in [-0.39, 0.29) is 17.3 Å². The first kappa shape index (κ1) is 15.1. The second-order valence-corrected chi connectivity index (χ2v) is 5.97. The van der Waals surface area contributed by atoms with Crippen LogP contribution in [0.25, 0.3) is 0 Å². The third-order valence-corrected chi connectivity index (χ3v) is 3.94. The number of aryl methyl sites for hydroxylation is 1. The van der Waals surface area contributed by atoms with Crippen molar-refractivity contribution in [2.75, 3.05) is 20.6 Å². The largest absolute Gasteiger partial charge is 0.348 e. The number of likely N-dealkylation sites (N-methyl/N-ethyl adjacent to an activating group) is 1. The maximum Gasteiger partial charge on any atom is 0.241 e. The molecule has 0 aliphatic heterocycles. The summed E-state index contributed by atoms with van der Waals surface area (Å²) in [5.74, 6) is -0.339. The summed E-state index contributed by atoms with van der Waals surface area (Å²) in [5, 5.41) is 8.78. The zero-order valence-electron chi connectivity index (χ0n) is 11.0. The highest BCUT2D eigenvalue weighted by molar-refractivity contribution is 7.89. The molecule has 0 heterocycles. The van der Waals surface area contributed by atoms with Crippen LogP contribution >= 0.6 is 0 Å². The molecule has 1 amide bonds. The maximum absolute atomic E-state index is 11.9. The number of nitrogens with one attached hydrogen (secondary N) is 1. The quantitative estimate of drug-likeness (QED) is 0.855. The molecule has 0 radical (unpaired) electrons. The first-order chi connectivity index (χ1) is 8.77.